The van der Waals surface area contributed by atoms with Crippen molar-refractivity contribution in [3.8, 4) is 11.5 Å². The summed E-state index contributed by atoms with van der Waals surface area (Å²) in [5.41, 5.74) is 10.8. The van der Waals surface area contributed by atoms with Gasteiger partial charge in [0, 0.05) is 11.9 Å². The maximum absolute atomic E-state index is 9.50. The van der Waals surface area contributed by atoms with Gasteiger partial charge in [-0.05, 0) is 160 Å². The van der Waals surface area contributed by atoms with Crippen molar-refractivity contribution in [3.05, 3.63) is 239 Å². The standard InChI is InChI=1S/2C29H30OP.C4H6O4/c2*1-22-11-5-8-14-27(22)31(28-15-9-6-12-23(28)2,29-16-10-7-13-24(29)3)21-25-17-19-26(30-4)20-18-25;5-3(6)1-2-4(7)8/h2*5-20H,21H2,1-4H3;1-2H2,(H,5,6)(H,7,8)/q2*+1;/p-2. The Labute approximate surface area is 416 Å². The van der Waals surface area contributed by atoms with E-state index in [0.29, 0.717) is 0 Å². The number of benzene rings is 8. The van der Waals surface area contributed by atoms with Crippen molar-refractivity contribution in [1.29, 1.82) is 0 Å². The highest BCUT2D eigenvalue weighted by Gasteiger charge is 2.49. The van der Waals surface area contributed by atoms with Crippen LogP contribution in [-0.4, -0.2) is 26.2 Å². The topological polar surface area (TPSA) is 98.7 Å². The molecule has 0 aliphatic heterocycles. The zero-order valence-electron chi connectivity index (χ0n) is 41.6. The van der Waals surface area contributed by atoms with Crippen LogP contribution in [0.3, 0.4) is 0 Å². The molecule has 8 rings (SSSR count). The van der Waals surface area contributed by atoms with Crippen LogP contribution in [0.4, 0.5) is 0 Å². The number of aryl methyl sites for hydroxylation is 6. The fourth-order valence-electron chi connectivity index (χ4n) is 9.45. The molecule has 0 atom stereocenters. The number of ether oxygens (including phenoxy) is 2. The predicted molar refractivity (Wildman–Crippen MR) is 291 cm³/mol. The molecular weight excluding hydrogens is 903 g/mol. The third kappa shape index (κ3) is 12.3. The van der Waals surface area contributed by atoms with Gasteiger partial charge in [0.1, 0.15) is 57.9 Å². The molecule has 8 aromatic carbocycles. The first-order chi connectivity index (χ1) is 33.7. The SMILES string of the molecule is COc1ccc(C[P+](c2ccccc2C)(c2ccccc2C)c2ccccc2C)cc1.COc1ccc(C[P+](c2ccccc2C)(c2ccccc2C)c2ccccc2C)cc1.O=C([O-])CCC(=O)[O-]. The van der Waals surface area contributed by atoms with Gasteiger partial charge in [-0.15, -0.1) is 0 Å². The van der Waals surface area contributed by atoms with Crippen LogP contribution in [0.25, 0.3) is 0 Å². The van der Waals surface area contributed by atoms with Gasteiger partial charge < -0.3 is 29.3 Å². The van der Waals surface area contributed by atoms with Crippen LogP contribution in [-0.2, 0) is 21.9 Å². The van der Waals surface area contributed by atoms with Crippen molar-refractivity contribution in [2.75, 3.05) is 14.2 Å². The summed E-state index contributed by atoms with van der Waals surface area (Å²) in [4.78, 5) is 19.0. The Morgan fingerprint density at radius 3 is 0.714 bits per heavy atom. The van der Waals surface area contributed by atoms with Crippen LogP contribution < -0.4 is 51.5 Å². The molecule has 0 unspecified atom stereocenters. The Kier molecular flexibility index (Phi) is 18.5. The first-order valence-corrected chi connectivity index (χ1v) is 27.5. The summed E-state index contributed by atoms with van der Waals surface area (Å²) in [5.74, 6) is -0.936. The molecule has 0 aliphatic carbocycles. The molecule has 0 spiro atoms. The molecule has 70 heavy (non-hydrogen) atoms. The van der Waals surface area contributed by atoms with Crippen molar-refractivity contribution in [2.45, 2.75) is 66.7 Å². The highest BCUT2D eigenvalue weighted by Crippen LogP contribution is 2.61. The summed E-state index contributed by atoms with van der Waals surface area (Å²) in [5, 5.41) is 27.8. The average molecular weight is 967 g/mol. The van der Waals surface area contributed by atoms with Gasteiger partial charge in [-0.2, -0.15) is 0 Å². The molecule has 0 bridgehead atoms. The average Bonchev–Trinajstić information content (AvgIpc) is 3.36. The summed E-state index contributed by atoms with van der Waals surface area (Å²) in [7, 11) is -0.460. The number of aliphatic carboxylic acids is 2. The van der Waals surface area contributed by atoms with E-state index in [2.05, 4.69) is 236 Å². The van der Waals surface area contributed by atoms with E-state index in [4.69, 9.17) is 9.47 Å². The number of carboxylic acids is 2. The molecule has 0 heterocycles. The van der Waals surface area contributed by atoms with E-state index in [9.17, 15) is 19.8 Å². The summed E-state index contributed by atoms with van der Waals surface area (Å²) in [6.45, 7) is 13.6. The molecule has 358 valence electrons. The fourth-order valence-corrected chi connectivity index (χ4v) is 19.7. The third-order valence-corrected chi connectivity index (χ3v) is 22.5. The van der Waals surface area contributed by atoms with E-state index >= 15 is 0 Å². The molecular formula is C62H64O6P2. The lowest BCUT2D eigenvalue weighted by molar-refractivity contribution is -0.315. The van der Waals surface area contributed by atoms with E-state index in [1.807, 2.05) is 0 Å². The van der Waals surface area contributed by atoms with E-state index in [1.54, 1.807) is 14.2 Å². The normalized spacial score (nSPS) is 11.0. The Morgan fingerprint density at radius 2 is 0.543 bits per heavy atom. The van der Waals surface area contributed by atoms with Crippen LogP contribution in [0, 0.1) is 41.5 Å². The number of rotatable bonds is 15. The van der Waals surface area contributed by atoms with E-state index in [1.165, 1.54) is 76.3 Å². The maximum Gasteiger partial charge on any atom is 0.118 e. The second kappa shape index (κ2) is 24.6. The molecule has 8 aromatic rings. The molecule has 0 saturated carbocycles. The number of carboxylic acid groups (broad SMARTS) is 2. The largest absolute Gasteiger partial charge is 0.550 e. The second-order valence-corrected chi connectivity index (χ2v) is 24.4. The maximum atomic E-state index is 9.50. The van der Waals surface area contributed by atoms with Gasteiger partial charge in [-0.3, -0.25) is 0 Å². The lowest BCUT2D eigenvalue weighted by Crippen LogP contribution is -2.36. The van der Waals surface area contributed by atoms with E-state index in [0.717, 1.165) is 23.8 Å². The molecule has 0 radical (unpaired) electrons. The second-order valence-electron chi connectivity index (χ2n) is 17.6. The lowest BCUT2D eigenvalue weighted by Gasteiger charge is -2.31. The zero-order valence-corrected chi connectivity index (χ0v) is 43.4. The zero-order chi connectivity index (χ0) is 50.3. The van der Waals surface area contributed by atoms with Gasteiger partial charge in [-0.25, -0.2) is 0 Å². The van der Waals surface area contributed by atoms with Gasteiger partial charge >= 0.3 is 0 Å². The highest BCUT2D eigenvalue weighted by atomic mass is 31.2. The number of carbonyl (C=O) groups excluding carboxylic acids is 2. The number of hydrogen-bond donors (Lipinski definition) is 0. The van der Waals surface area contributed by atoms with Crippen LogP contribution in [0.2, 0.25) is 0 Å². The van der Waals surface area contributed by atoms with Crippen LogP contribution in [0.1, 0.15) is 57.3 Å². The summed E-state index contributed by atoms with van der Waals surface area (Å²) >= 11 is 0. The van der Waals surface area contributed by atoms with Gasteiger partial charge in [-0.1, -0.05) is 133 Å². The monoisotopic (exact) mass is 966 g/mol. The first kappa shape index (κ1) is 52.5. The minimum Gasteiger partial charge on any atom is -0.550 e. The lowest BCUT2D eigenvalue weighted by atomic mass is 10.2. The first-order valence-electron chi connectivity index (χ1n) is 23.5. The Morgan fingerprint density at radius 1 is 0.343 bits per heavy atom. The van der Waals surface area contributed by atoms with Crippen molar-refractivity contribution in [2.24, 2.45) is 0 Å². The van der Waals surface area contributed by atoms with Crippen molar-refractivity contribution < 1.29 is 29.3 Å². The van der Waals surface area contributed by atoms with Crippen LogP contribution >= 0.6 is 14.5 Å². The molecule has 0 N–H and O–H groups in total. The molecule has 6 nitrogen and oxygen atoms in total. The quantitative estimate of drug-likeness (QED) is 0.0951. The number of methoxy groups -OCH3 is 2. The molecule has 0 aliphatic rings. The third-order valence-electron chi connectivity index (χ3n) is 12.9. The molecule has 0 aromatic heterocycles. The van der Waals surface area contributed by atoms with Gasteiger partial charge in [0.25, 0.3) is 0 Å². The number of carbonyl (C=O) groups is 2. The van der Waals surface area contributed by atoms with Gasteiger partial charge in [0.05, 0.1) is 26.5 Å². The van der Waals surface area contributed by atoms with Crippen molar-refractivity contribution in [1.82, 2.24) is 0 Å². The van der Waals surface area contributed by atoms with Gasteiger partial charge in [0.2, 0.25) is 0 Å². The predicted octanol–water partition coefficient (Wildman–Crippen LogP) is 9.50. The molecule has 8 heteroatoms. The van der Waals surface area contributed by atoms with Crippen LogP contribution in [0.15, 0.2) is 194 Å². The smallest absolute Gasteiger partial charge is 0.118 e. The number of hydrogen-bond acceptors (Lipinski definition) is 6. The van der Waals surface area contributed by atoms with Crippen LogP contribution in [0.5, 0.6) is 11.5 Å². The Bertz CT molecular complexity index is 2570. The van der Waals surface area contributed by atoms with Gasteiger partial charge in [0.15, 0.2) is 0 Å². The summed E-state index contributed by atoms with van der Waals surface area (Å²) in [6.07, 6.45) is 1.03. The highest BCUT2D eigenvalue weighted by molar-refractivity contribution is 7.95. The van der Waals surface area contributed by atoms with Crippen molar-refractivity contribution in [3.63, 3.8) is 0 Å². The summed E-state index contributed by atoms with van der Waals surface area (Å²) in [6, 6.07) is 71.0. The van der Waals surface area contributed by atoms with Crippen molar-refractivity contribution >= 4 is 58.3 Å². The Hall–Kier alpha value is -6.84. The minimum atomic E-state index is -1.95. The summed E-state index contributed by atoms with van der Waals surface area (Å²) < 4.78 is 10.8. The molecule has 0 saturated heterocycles. The fraction of sp³-hybridized carbons (Fsp3) is 0.194. The van der Waals surface area contributed by atoms with E-state index in [-0.39, 0.29) is 0 Å². The van der Waals surface area contributed by atoms with E-state index < -0.39 is 39.3 Å². The molecule has 0 amide bonds. The molecule has 0 fully saturated rings. The Balaban J connectivity index is 0.000000199. The minimum absolute atomic E-state index is 0.470.